The summed E-state index contributed by atoms with van der Waals surface area (Å²) in [4.78, 5) is 6.61. The number of halogens is 1. The van der Waals surface area contributed by atoms with Crippen LogP contribution in [0.25, 0.3) is 0 Å². The molecule has 0 atom stereocenters. The fourth-order valence-electron chi connectivity index (χ4n) is 1.74. The maximum absolute atomic E-state index is 12.3. The second kappa shape index (κ2) is 5.43. The van der Waals surface area contributed by atoms with Gasteiger partial charge in [-0.2, -0.15) is 4.31 Å². The fourth-order valence-corrected chi connectivity index (χ4v) is 3.02. The molecule has 1 aromatic carbocycles. The Morgan fingerprint density at radius 2 is 2.15 bits per heavy atom. The number of nitrogens with zero attached hydrogens (tertiary/aromatic N) is 2. The first kappa shape index (κ1) is 14.8. The van der Waals surface area contributed by atoms with Gasteiger partial charge in [-0.1, -0.05) is 11.6 Å². The summed E-state index contributed by atoms with van der Waals surface area (Å²) in [6.07, 6.45) is 1.29. The van der Waals surface area contributed by atoms with Crippen molar-refractivity contribution in [1.29, 1.82) is 0 Å². The van der Waals surface area contributed by atoms with Gasteiger partial charge < -0.3 is 10.7 Å². The minimum atomic E-state index is -3.63. The van der Waals surface area contributed by atoms with E-state index < -0.39 is 10.0 Å². The highest BCUT2D eigenvalue weighted by atomic mass is 35.5. The van der Waals surface area contributed by atoms with Gasteiger partial charge in [0.1, 0.15) is 5.82 Å². The van der Waals surface area contributed by atoms with Crippen LogP contribution in [0, 0.1) is 6.92 Å². The smallest absolute Gasteiger partial charge is 0.260 e. The van der Waals surface area contributed by atoms with Crippen molar-refractivity contribution in [2.24, 2.45) is 0 Å². The zero-order chi connectivity index (χ0) is 14.9. The highest BCUT2D eigenvalue weighted by molar-refractivity contribution is 7.89. The first-order chi connectivity index (χ1) is 9.30. The summed E-state index contributed by atoms with van der Waals surface area (Å²) in [5, 5.41) is 0.527. The molecule has 0 amide bonds. The van der Waals surface area contributed by atoms with Gasteiger partial charge in [0.15, 0.2) is 5.03 Å². The lowest BCUT2D eigenvalue weighted by atomic mass is 10.2. The number of nitrogen functional groups attached to an aromatic ring is 1. The van der Waals surface area contributed by atoms with Gasteiger partial charge in [-0.15, -0.1) is 0 Å². The summed E-state index contributed by atoms with van der Waals surface area (Å²) in [5.74, 6) is 0.541. The average molecular weight is 315 g/mol. The van der Waals surface area contributed by atoms with Gasteiger partial charge in [0.25, 0.3) is 10.0 Å². The number of aromatic nitrogens is 2. The van der Waals surface area contributed by atoms with Crippen molar-refractivity contribution in [3.8, 4) is 0 Å². The zero-order valence-electron chi connectivity index (χ0n) is 11.1. The van der Waals surface area contributed by atoms with E-state index in [0.717, 1.165) is 0 Å². The number of H-pyrrole nitrogens is 1. The maximum Gasteiger partial charge on any atom is 0.260 e. The summed E-state index contributed by atoms with van der Waals surface area (Å²) in [6.45, 7) is 1.82. The molecule has 0 saturated carbocycles. The Kier molecular flexibility index (Phi) is 4.03. The Bertz CT molecular complexity index is 727. The molecule has 6 nitrogen and oxygen atoms in total. The molecule has 0 radical (unpaired) electrons. The highest BCUT2D eigenvalue weighted by Crippen LogP contribution is 2.22. The summed E-state index contributed by atoms with van der Waals surface area (Å²) < 4.78 is 25.8. The van der Waals surface area contributed by atoms with E-state index in [2.05, 4.69) is 9.97 Å². The molecule has 108 valence electrons. The second-order valence-corrected chi connectivity index (χ2v) is 6.87. The lowest BCUT2D eigenvalue weighted by molar-refractivity contribution is 0.464. The van der Waals surface area contributed by atoms with Gasteiger partial charge in [-0.05, 0) is 30.7 Å². The molecule has 2 aromatic rings. The molecule has 0 bridgehead atoms. The first-order valence-electron chi connectivity index (χ1n) is 5.82. The number of benzene rings is 1. The van der Waals surface area contributed by atoms with Crippen LogP contribution in [0.1, 0.15) is 11.4 Å². The van der Waals surface area contributed by atoms with Crippen molar-refractivity contribution in [1.82, 2.24) is 14.3 Å². The largest absolute Gasteiger partial charge is 0.399 e. The standard InChI is InChI=1S/C12H15ClN4O2S/c1-8-15-6-12(16-8)20(18,19)17(2)7-9-5-10(14)3-4-11(9)13/h3-6H,7,14H2,1-2H3,(H,15,16). The Morgan fingerprint density at radius 1 is 1.45 bits per heavy atom. The van der Waals surface area contributed by atoms with E-state index in [1.165, 1.54) is 17.5 Å². The van der Waals surface area contributed by atoms with E-state index in [4.69, 9.17) is 17.3 Å². The van der Waals surface area contributed by atoms with Gasteiger partial charge >= 0.3 is 0 Å². The van der Waals surface area contributed by atoms with Crippen molar-refractivity contribution < 1.29 is 8.42 Å². The van der Waals surface area contributed by atoms with Crippen LogP contribution in [0.15, 0.2) is 29.4 Å². The molecule has 2 rings (SSSR count). The number of hydrogen-bond donors (Lipinski definition) is 2. The summed E-state index contributed by atoms with van der Waals surface area (Å²) in [6, 6.07) is 4.97. The van der Waals surface area contributed by atoms with Crippen LogP contribution >= 0.6 is 11.6 Å². The molecule has 1 aromatic heterocycles. The van der Waals surface area contributed by atoms with E-state index in [0.29, 0.717) is 22.1 Å². The van der Waals surface area contributed by atoms with Crippen molar-refractivity contribution in [3.63, 3.8) is 0 Å². The average Bonchev–Trinajstić information content (AvgIpc) is 2.81. The van der Waals surface area contributed by atoms with Gasteiger partial charge in [0, 0.05) is 24.3 Å². The second-order valence-electron chi connectivity index (χ2n) is 4.44. The van der Waals surface area contributed by atoms with Crippen LogP contribution in [0.5, 0.6) is 0 Å². The molecule has 0 fully saturated rings. The molecule has 0 unspecified atom stereocenters. The minimum Gasteiger partial charge on any atom is -0.399 e. The van der Waals surface area contributed by atoms with Crippen LogP contribution in [0.4, 0.5) is 5.69 Å². The number of imidazole rings is 1. The number of hydrogen-bond acceptors (Lipinski definition) is 4. The number of rotatable bonds is 4. The van der Waals surface area contributed by atoms with Gasteiger partial charge in [0.2, 0.25) is 0 Å². The molecular weight excluding hydrogens is 300 g/mol. The molecule has 0 saturated heterocycles. The van der Waals surface area contributed by atoms with E-state index in [-0.39, 0.29) is 11.6 Å². The third kappa shape index (κ3) is 2.95. The van der Waals surface area contributed by atoms with E-state index in [1.54, 1.807) is 25.1 Å². The van der Waals surface area contributed by atoms with E-state index >= 15 is 0 Å². The molecular formula is C12H15ClN4O2S. The molecule has 0 aliphatic heterocycles. The van der Waals surface area contributed by atoms with Crippen LogP contribution in [0.3, 0.4) is 0 Å². The SMILES string of the molecule is Cc1ncc(S(=O)(=O)N(C)Cc2cc(N)ccc2Cl)[nH]1. The van der Waals surface area contributed by atoms with Crippen molar-refractivity contribution >= 4 is 27.3 Å². The van der Waals surface area contributed by atoms with Crippen LogP contribution in [-0.4, -0.2) is 29.7 Å². The van der Waals surface area contributed by atoms with Crippen molar-refractivity contribution in [2.75, 3.05) is 12.8 Å². The predicted octanol–water partition coefficient (Wildman–Crippen LogP) is 1.77. The Labute approximate surface area is 122 Å². The number of aryl methyl sites for hydroxylation is 1. The Hall–Kier alpha value is -1.57. The normalized spacial score (nSPS) is 12.0. The summed E-state index contributed by atoms with van der Waals surface area (Å²) in [7, 11) is -2.15. The molecule has 0 spiro atoms. The number of aromatic amines is 1. The summed E-state index contributed by atoms with van der Waals surface area (Å²) >= 11 is 6.04. The third-order valence-corrected chi connectivity index (χ3v) is 4.91. The number of nitrogens with two attached hydrogens (primary N) is 1. The molecule has 0 aliphatic rings. The minimum absolute atomic E-state index is 0.0533. The Balaban J connectivity index is 2.27. The molecule has 20 heavy (non-hydrogen) atoms. The fraction of sp³-hybridized carbons (Fsp3) is 0.250. The highest BCUT2D eigenvalue weighted by Gasteiger charge is 2.23. The topological polar surface area (TPSA) is 92.1 Å². The molecule has 3 N–H and O–H groups in total. The quantitative estimate of drug-likeness (QED) is 0.841. The molecule has 1 heterocycles. The van der Waals surface area contributed by atoms with Crippen molar-refractivity contribution in [3.05, 3.63) is 40.8 Å². The third-order valence-electron chi connectivity index (χ3n) is 2.83. The van der Waals surface area contributed by atoms with Gasteiger partial charge in [0.05, 0.1) is 6.20 Å². The zero-order valence-corrected chi connectivity index (χ0v) is 12.7. The van der Waals surface area contributed by atoms with Crippen LogP contribution in [0.2, 0.25) is 5.02 Å². The van der Waals surface area contributed by atoms with Crippen LogP contribution < -0.4 is 5.73 Å². The predicted molar refractivity (Wildman–Crippen MR) is 77.8 cm³/mol. The van der Waals surface area contributed by atoms with E-state index in [1.807, 2.05) is 0 Å². The van der Waals surface area contributed by atoms with Crippen LogP contribution in [-0.2, 0) is 16.6 Å². The lowest BCUT2D eigenvalue weighted by Gasteiger charge is -2.17. The Morgan fingerprint density at radius 3 is 2.75 bits per heavy atom. The van der Waals surface area contributed by atoms with Gasteiger partial charge in [-0.3, -0.25) is 0 Å². The molecule has 0 aliphatic carbocycles. The maximum atomic E-state index is 12.3. The molecule has 8 heteroatoms. The number of sulfonamides is 1. The van der Waals surface area contributed by atoms with Crippen molar-refractivity contribution in [2.45, 2.75) is 18.5 Å². The monoisotopic (exact) mass is 314 g/mol. The van der Waals surface area contributed by atoms with Gasteiger partial charge in [-0.25, -0.2) is 13.4 Å². The number of nitrogens with one attached hydrogen (secondary N) is 1. The van der Waals surface area contributed by atoms with E-state index in [9.17, 15) is 8.42 Å². The number of anilines is 1. The lowest BCUT2D eigenvalue weighted by Crippen LogP contribution is -2.27. The summed E-state index contributed by atoms with van der Waals surface area (Å²) in [5.41, 5.74) is 6.87. The first-order valence-corrected chi connectivity index (χ1v) is 7.64.